The second-order valence-electron chi connectivity index (χ2n) is 6.84. The van der Waals surface area contributed by atoms with E-state index in [1.165, 1.54) is 47.4 Å². The molecule has 1 amide bonds. The Morgan fingerprint density at radius 2 is 1.81 bits per heavy atom. The Balaban J connectivity index is 1.73. The molecule has 162 valence electrons. The molecule has 1 aromatic heterocycles. The van der Waals surface area contributed by atoms with Crippen molar-refractivity contribution in [3.05, 3.63) is 70.2 Å². The van der Waals surface area contributed by atoms with Gasteiger partial charge in [-0.25, -0.2) is 23.3 Å². The first-order chi connectivity index (χ1) is 14.6. The van der Waals surface area contributed by atoms with Crippen LogP contribution in [0.5, 0.6) is 0 Å². The lowest BCUT2D eigenvalue weighted by Crippen LogP contribution is -2.23. The van der Waals surface area contributed by atoms with Crippen molar-refractivity contribution in [2.45, 2.75) is 32.3 Å². The van der Waals surface area contributed by atoms with Crippen molar-refractivity contribution in [2.75, 3.05) is 4.90 Å². The Morgan fingerprint density at radius 1 is 1.13 bits per heavy atom. The number of ether oxygens (including phenoxy) is 1. The molecule has 2 N–H and O–H groups in total. The van der Waals surface area contributed by atoms with E-state index in [2.05, 4.69) is 4.98 Å². The molecule has 3 aromatic rings. The Labute approximate surface area is 184 Å². The number of anilines is 2. The smallest absolute Gasteiger partial charge is 0.338 e. The first-order valence-corrected chi connectivity index (χ1v) is 11.6. The Morgan fingerprint density at radius 3 is 2.42 bits per heavy atom. The lowest BCUT2D eigenvalue weighted by Gasteiger charge is -2.21. The van der Waals surface area contributed by atoms with Crippen LogP contribution in [0.15, 0.2) is 52.7 Å². The van der Waals surface area contributed by atoms with E-state index in [9.17, 15) is 18.0 Å². The molecule has 0 aliphatic carbocycles. The minimum atomic E-state index is -3.83. The van der Waals surface area contributed by atoms with Crippen LogP contribution in [0.25, 0.3) is 0 Å². The summed E-state index contributed by atoms with van der Waals surface area (Å²) in [5.41, 5.74) is 3.46. The van der Waals surface area contributed by atoms with Crippen molar-refractivity contribution in [3.63, 3.8) is 0 Å². The quantitative estimate of drug-likeness (QED) is 0.564. The molecular formula is C21H21N3O5S2. The van der Waals surface area contributed by atoms with E-state index >= 15 is 0 Å². The van der Waals surface area contributed by atoms with Crippen LogP contribution in [-0.4, -0.2) is 25.3 Å². The number of thiazole rings is 1. The zero-order valence-electron chi connectivity index (χ0n) is 17.2. The van der Waals surface area contributed by atoms with E-state index in [0.29, 0.717) is 10.8 Å². The predicted octanol–water partition coefficient (Wildman–Crippen LogP) is 3.45. The van der Waals surface area contributed by atoms with Crippen LogP contribution in [0.3, 0.4) is 0 Å². The highest BCUT2D eigenvalue weighted by Crippen LogP contribution is 2.32. The number of nitrogens with two attached hydrogens (primary N) is 1. The summed E-state index contributed by atoms with van der Waals surface area (Å²) in [6, 6.07) is 10.8. The van der Waals surface area contributed by atoms with Gasteiger partial charge in [0.2, 0.25) is 15.9 Å². The summed E-state index contributed by atoms with van der Waals surface area (Å²) in [6.07, 6.45) is 0. The first kappa shape index (κ1) is 22.6. The second kappa shape index (κ2) is 8.96. The Kier molecular flexibility index (Phi) is 6.54. The molecule has 0 spiro atoms. The summed E-state index contributed by atoms with van der Waals surface area (Å²) in [7, 11) is -3.83. The molecule has 3 rings (SSSR count). The number of amides is 1. The maximum absolute atomic E-state index is 12.3. The lowest BCUT2D eigenvalue weighted by molar-refractivity contribution is -0.115. The molecule has 0 aliphatic rings. The summed E-state index contributed by atoms with van der Waals surface area (Å²) < 4.78 is 27.9. The van der Waals surface area contributed by atoms with Gasteiger partial charge in [0, 0.05) is 12.3 Å². The van der Waals surface area contributed by atoms with E-state index < -0.39 is 16.0 Å². The number of carbonyl (C=O) groups is 2. The van der Waals surface area contributed by atoms with Gasteiger partial charge in [0.25, 0.3) is 0 Å². The average Bonchev–Trinajstić information content (AvgIpc) is 3.17. The maximum atomic E-state index is 12.3. The monoisotopic (exact) mass is 459 g/mol. The van der Waals surface area contributed by atoms with E-state index in [1.54, 1.807) is 5.38 Å². The van der Waals surface area contributed by atoms with Crippen molar-refractivity contribution in [1.29, 1.82) is 0 Å². The third-order valence-corrected chi connectivity index (χ3v) is 6.44. The summed E-state index contributed by atoms with van der Waals surface area (Å²) in [4.78, 5) is 30.4. The fraction of sp³-hybridized carbons (Fsp3) is 0.190. The van der Waals surface area contributed by atoms with Crippen molar-refractivity contribution >= 4 is 44.1 Å². The van der Waals surface area contributed by atoms with Crippen molar-refractivity contribution in [1.82, 2.24) is 4.98 Å². The highest BCUT2D eigenvalue weighted by atomic mass is 32.2. The number of primary sulfonamides is 1. The normalized spacial score (nSPS) is 11.2. The number of rotatable bonds is 6. The maximum Gasteiger partial charge on any atom is 0.338 e. The third kappa shape index (κ3) is 5.16. The fourth-order valence-corrected chi connectivity index (χ4v) is 4.23. The van der Waals surface area contributed by atoms with Crippen molar-refractivity contribution in [3.8, 4) is 0 Å². The molecule has 0 fully saturated rings. The van der Waals surface area contributed by atoms with Gasteiger partial charge in [-0.2, -0.15) is 0 Å². The van der Waals surface area contributed by atoms with Crippen molar-refractivity contribution in [2.24, 2.45) is 5.14 Å². The van der Waals surface area contributed by atoms with Gasteiger partial charge >= 0.3 is 5.97 Å². The molecule has 0 radical (unpaired) electrons. The van der Waals surface area contributed by atoms with Crippen LogP contribution in [-0.2, 0) is 26.2 Å². The van der Waals surface area contributed by atoms with Crippen LogP contribution in [0.4, 0.5) is 10.8 Å². The van der Waals surface area contributed by atoms with Crippen molar-refractivity contribution < 1.29 is 22.7 Å². The third-order valence-electron chi connectivity index (χ3n) is 4.63. The van der Waals surface area contributed by atoms with Gasteiger partial charge in [-0.15, -0.1) is 11.3 Å². The minimum Gasteiger partial charge on any atom is -0.456 e. The standard InChI is InChI=1S/C21H21N3O5S2/c1-13-5-4-6-19(14(13)2)24(15(3)25)21-23-17(12-30-21)11-29-20(26)16-7-9-18(10-8-16)31(22,27)28/h4-10,12H,11H2,1-3H3,(H2,22,27,28). The molecule has 10 heteroatoms. The summed E-state index contributed by atoms with van der Waals surface area (Å²) in [6.45, 7) is 5.29. The lowest BCUT2D eigenvalue weighted by atomic mass is 10.1. The SMILES string of the molecule is CC(=O)N(c1nc(COC(=O)c2ccc(S(N)(=O)=O)cc2)cs1)c1cccc(C)c1C. The number of esters is 1. The van der Waals surface area contributed by atoms with E-state index in [-0.39, 0.29) is 23.0 Å². The summed E-state index contributed by atoms with van der Waals surface area (Å²) in [5, 5.41) is 7.24. The number of carbonyl (C=O) groups excluding carboxylic acids is 2. The Hall–Kier alpha value is -3.08. The summed E-state index contributed by atoms with van der Waals surface area (Å²) in [5.74, 6) is -0.810. The zero-order valence-corrected chi connectivity index (χ0v) is 18.8. The topological polar surface area (TPSA) is 120 Å². The van der Waals surface area contributed by atoms with Gasteiger partial charge in [-0.05, 0) is 55.3 Å². The zero-order chi connectivity index (χ0) is 22.8. The molecule has 31 heavy (non-hydrogen) atoms. The van der Waals surface area contributed by atoms with Crippen LogP contribution < -0.4 is 10.0 Å². The molecule has 1 heterocycles. The van der Waals surface area contributed by atoms with Crippen LogP contribution in [0.1, 0.15) is 34.1 Å². The summed E-state index contributed by atoms with van der Waals surface area (Å²) >= 11 is 1.27. The number of hydrogen-bond acceptors (Lipinski definition) is 7. The van der Waals surface area contributed by atoms with Gasteiger partial charge in [0.05, 0.1) is 21.8 Å². The molecule has 8 nitrogen and oxygen atoms in total. The molecule has 2 aromatic carbocycles. The van der Waals surface area contributed by atoms with E-state index in [0.717, 1.165) is 16.8 Å². The first-order valence-electron chi connectivity index (χ1n) is 9.19. The average molecular weight is 460 g/mol. The van der Waals surface area contributed by atoms with Crippen LogP contribution >= 0.6 is 11.3 Å². The number of nitrogens with zero attached hydrogens (tertiary/aromatic N) is 2. The molecule has 0 unspecified atom stereocenters. The molecule has 0 atom stereocenters. The largest absolute Gasteiger partial charge is 0.456 e. The van der Waals surface area contributed by atoms with Crippen LogP contribution in [0, 0.1) is 13.8 Å². The Bertz CT molecular complexity index is 1230. The van der Waals surface area contributed by atoms with Gasteiger partial charge in [0.1, 0.15) is 6.61 Å². The van der Waals surface area contributed by atoms with Gasteiger partial charge < -0.3 is 4.74 Å². The number of aromatic nitrogens is 1. The van der Waals surface area contributed by atoms with E-state index in [1.807, 2.05) is 32.0 Å². The number of hydrogen-bond donors (Lipinski definition) is 1. The molecule has 0 saturated heterocycles. The minimum absolute atomic E-state index is 0.0924. The highest BCUT2D eigenvalue weighted by Gasteiger charge is 2.20. The molecule has 0 saturated carbocycles. The molecular weight excluding hydrogens is 438 g/mol. The van der Waals surface area contributed by atoms with Gasteiger partial charge in [0.15, 0.2) is 5.13 Å². The number of benzene rings is 2. The van der Waals surface area contributed by atoms with Gasteiger partial charge in [-0.3, -0.25) is 9.69 Å². The molecule has 0 bridgehead atoms. The number of sulfonamides is 1. The predicted molar refractivity (Wildman–Crippen MR) is 118 cm³/mol. The van der Waals surface area contributed by atoms with Gasteiger partial charge in [-0.1, -0.05) is 12.1 Å². The highest BCUT2D eigenvalue weighted by molar-refractivity contribution is 7.89. The van der Waals surface area contributed by atoms with E-state index in [4.69, 9.17) is 9.88 Å². The number of aryl methyl sites for hydroxylation is 1. The molecule has 0 aliphatic heterocycles. The second-order valence-corrected chi connectivity index (χ2v) is 9.24. The van der Waals surface area contributed by atoms with Crippen LogP contribution in [0.2, 0.25) is 0 Å². The fourth-order valence-electron chi connectivity index (χ4n) is 2.85.